The molecule has 0 spiro atoms. The smallest absolute Gasteiger partial charge is 0.173 e. The van der Waals surface area contributed by atoms with Crippen LogP contribution in [0.25, 0.3) is 0 Å². The van der Waals surface area contributed by atoms with E-state index >= 15 is 0 Å². The van der Waals surface area contributed by atoms with Gasteiger partial charge in [0.25, 0.3) is 0 Å². The quantitative estimate of drug-likeness (QED) is 0.770. The summed E-state index contributed by atoms with van der Waals surface area (Å²) < 4.78 is 11.1. The highest BCUT2D eigenvalue weighted by Crippen LogP contribution is 2.31. The van der Waals surface area contributed by atoms with Crippen molar-refractivity contribution in [2.45, 2.75) is 6.10 Å². The molecule has 2 aromatic heterocycles. The van der Waals surface area contributed by atoms with Gasteiger partial charge in [-0.2, -0.15) is 0 Å². The summed E-state index contributed by atoms with van der Waals surface area (Å²) in [6.07, 6.45) is 3.32. The molecule has 0 saturated carbocycles. The van der Waals surface area contributed by atoms with E-state index < -0.39 is 0 Å². The lowest BCUT2D eigenvalue weighted by Gasteiger charge is -2.24. The molecule has 0 aliphatic carbocycles. The van der Waals surface area contributed by atoms with Gasteiger partial charge in [0.15, 0.2) is 17.7 Å². The first kappa shape index (κ1) is 8.35. The van der Waals surface area contributed by atoms with Gasteiger partial charge >= 0.3 is 0 Å². The maximum Gasteiger partial charge on any atom is 0.173 e. The van der Waals surface area contributed by atoms with Gasteiger partial charge in [-0.05, 0) is 24.3 Å². The number of ether oxygens (including phenoxy) is 1. The molecule has 4 heteroatoms. The van der Waals surface area contributed by atoms with E-state index in [2.05, 4.69) is 10.3 Å². The Balaban J connectivity index is 1.89. The molecule has 1 N–H and O–H groups in total. The van der Waals surface area contributed by atoms with Crippen LogP contribution in [0, 0.1) is 0 Å². The Morgan fingerprint density at radius 2 is 2.33 bits per heavy atom. The standard InChI is InChI=1S/C11H10N2O2/c1-3-9-11(12-5-1)13-7-10(15-9)8-4-2-6-14-8/h1-6,10H,7H2,(H,12,13). The van der Waals surface area contributed by atoms with E-state index in [1.54, 1.807) is 12.5 Å². The first-order chi connectivity index (χ1) is 7.43. The molecular formula is C11H10N2O2. The van der Waals surface area contributed by atoms with Crippen molar-refractivity contribution in [1.29, 1.82) is 0 Å². The number of furan rings is 1. The monoisotopic (exact) mass is 202 g/mol. The zero-order valence-corrected chi connectivity index (χ0v) is 8.01. The highest BCUT2D eigenvalue weighted by molar-refractivity contribution is 5.51. The van der Waals surface area contributed by atoms with Crippen molar-refractivity contribution in [2.24, 2.45) is 0 Å². The van der Waals surface area contributed by atoms with Crippen LogP contribution in [0.1, 0.15) is 11.9 Å². The molecule has 2 aromatic rings. The van der Waals surface area contributed by atoms with Crippen molar-refractivity contribution >= 4 is 5.82 Å². The minimum absolute atomic E-state index is 0.0725. The average molecular weight is 202 g/mol. The molecule has 15 heavy (non-hydrogen) atoms. The summed E-state index contributed by atoms with van der Waals surface area (Å²) in [5.41, 5.74) is 0. The summed E-state index contributed by atoms with van der Waals surface area (Å²) in [7, 11) is 0. The van der Waals surface area contributed by atoms with Gasteiger partial charge in [0.05, 0.1) is 12.8 Å². The van der Waals surface area contributed by atoms with Gasteiger partial charge in [-0.15, -0.1) is 0 Å². The average Bonchev–Trinajstić information content (AvgIpc) is 2.82. The number of nitrogens with zero attached hydrogens (tertiary/aromatic N) is 1. The SMILES string of the molecule is c1coc(C2CNc3ncccc3O2)c1. The van der Waals surface area contributed by atoms with E-state index in [1.165, 1.54) is 0 Å². The number of aromatic nitrogens is 1. The van der Waals surface area contributed by atoms with Crippen LogP contribution in [0.3, 0.4) is 0 Å². The second kappa shape index (κ2) is 3.31. The number of pyridine rings is 1. The third-order valence-corrected chi connectivity index (χ3v) is 2.36. The van der Waals surface area contributed by atoms with Crippen LogP contribution < -0.4 is 10.1 Å². The Hall–Kier alpha value is -1.97. The van der Waals surface area contributed by atoms with Gasteiger partial charge in [0, 0.05) is 6.20 Å². The molecule has 1 aliphatic rings. The fraction of sp³-hybridized carbons (Fsp3) is 0.182. The summed E-state index contributed by atoms with van der Waals surface area (Å²) in [6.45, 7) is 0.678. The first-order valence-corrected chi connectivity index (χ1v) is 4.82. The minimum atomic E-state index is -0.0725. The third kappa shape index (κ3) is 1.44. The molecular weight excluding hydrogens is 192 g/mol. The first-order valence-electron chi connectivity index (χ1n) is 4.82. The molecule has 1 atom stereocenters. The Kier molecular flexibility index (Phi) is 1.84. The molecule has 0 fully saturated rings. The summed E-state index contributed by atoms with van der Waals surface area (Å²) in [5.74, 6) is 2.39. The summed E-state index contributed by atoms with van der Waals surface area (Å²) >= 11 is 0. The van der Waals surface area contributed by atoms with Crippen LogP contribution in [-0.2, 0) is 0 Å². The third-order valence-electron chi connectivity index (χ3n) is 2.36. The summed E-state index contributed by atoms with van der Waals surface area (Å²) in [5, 5.41) is 3.20. The van der Waals surface area contributed by atoms with Crippen molar-refractivity contribution < 1.29 is 9.15 Å². The molecule has 0 bridgehead atoms. The molecule has 0 saturated heterocycles. The van der Waals surface area contributed by atoms with E-state index in [1.807, 2.05) is 24.3 Å². The second-order valence-corrected chi connectivity index (χ2v) is 3.35. The predicted molar refractivity (Wildman–Crippen MR) is 54.8 cm³/mol. The molecule has 1 unspecified atom stereocenters. The number of fused-ring (bicyclic) bond motifs is 1. The molecule has 0 aromatic carbocycles. The molecule has 0 amide bonds. The molecule has 0 radical (unpaired) electrons. The van der Waals surface area contributed by atoms with Crippen LogP contribution in [0.4, 0.5) is 5.82 Å². The maximum atomic E-state index is 5.76. The van der Waals surface area contributed by atoms with Crippen molar-refractivity contribution in [2.75, 3.05) is 11.9 Å². The van der Waals surface area contributed by atoms with E-state index in [4.69, 9.17) is 9.15 Å². The van der Waals surface area contributed by atoms with E-state index in [9.17, 15) is 0 Å². The Labute approximate surface area is 86.9 Å². The minimum Gasteiger partial charge on any atom is -0.477 e. The summed E-state index contributed by atoms with van der Waals surface area (Å²) in [6, 6.07) is 7.51. The normalized spacial score (nSPS) is 18.8. The van der Waals surface area contributed by atoms with Gasteiger partial charge in [0.1, 0.15) is 5.76 Å². The second-order valence-electron chi connectivity index (χ2n) is 3.35. The zero-order chi connectivity index (χ0) is 10.1. The Bertz CT molecular complexity index is 453. The van der Waals surface area contributed by atoms with Crippen molar-refractivity contribution in [3.63, 3.8) is 0 Å². The van der Waals surface area contributed by atoms with Crippen LogP contribution in [0.15, 0.2) is 41.1 Å². The molecule has 3 rings (SSSR count). The van der Waals surface area contributed by atoms with Crippen molar-refractivity contribution in [3.05, 3.63) is 42.5 Å². The lowest BCUT2D eigenvalue weighted by Crippen LogP contribution is -2.23. The fourth-order valence-corrected chi connectivity index (χ4v) is 1.64. The van der Waals surface area contributed by atoms with E-state index in [-0.39, 0.29) is 6.10 Å². The largest absolute Gasteiger partial charge is 0.477 e. The topological polar surface area (TPSA) is 47.3 Å². The molecule has 4 nitrogen and oxygen atoms in total. The molecule has 3 heterocycles. The van der Waals surface area contributed by atoms with Crippen LogP contribution >= 0.6 is 0 Å². The lowest BCUT2D eigenvalue weighted by atomic mass is 10.2. The number of anilines is 1. The number of hydrogen-bond donors (Lipinski definition) is 1. The van der Waals surface area contributed by atoms with Gasteiger partial charge in [-0.25, -0.2) is 4.98 Å². The number of nitrogens with one attached hydrogen (secondary N) is 1. The van der Waals surface area contributed by atoms with Gasteiger partial charge in [0.2, 0.25) is 0 Å². The van der Waals surface area contributed by atoms with Gasteiger partial charge in [-0.3, -0.25) is 0 Å². The van der Waals surface area contributed by atoms with Gasteiger partial charge < -0.3 is 14.5 Å². The lowest BCUT2D eigenvalue weighted by molar-refractivity contribution is 0.180. The van der Waals surface area contributed by atoms with Crippen LogP contribution in [-0.4, -0.2) is 11.5 Å². The number of rotatable bonds is 1. The number of hydrogen-bond acceptors (Lipinski definition) is 4. The highest BCUT2D eigenvalue weighted by atomic mass is 16.5. The predicted octanol–water partition coefficient (Wildman–Crippen LogP) is 2.22. The molecule has 1 aliphatic heterocycles. The van der Waals surface area contributed by atoms with E-state index in [0.717, 1.165) is 17.3 Å². The van der Waals surface area contributed by atoms with Crippen LogP contribution in [0.5, 0.6) is 5.75 Å². The molecule has 76 valence electrons. The highest BCUT2D eigenvalue weighted by Gasteiger charge is 2.22. The zero-order valence-electron chi connectivity index (χ0n) is 8.01. The Morgan fingerprint density at radius 3 is 3.20 bits per heavy atom. The van der Waals surface area contributed by atoms with Crippen molar-refractivity contribution in [3.8, 4) is 5.75 Å². The van der Waals surface area contributed by atoms with E-state index in [0.29, 0.717) is 6.54 Å². The fourth-order valence-electron chi connectivity index (χ4n) is 1.64. The summed E-state index contributed by atoms with van der Waals surface area (Å²) in [4.78, 5) is 4.17. The maximum absolute atomic E-state index is 5.76. The van der Waals surface area contributed by atoms with Crippen molar-refractivity contribution in [1.82, 2.24) is 4.98 Å². The Morgan fingerprint density at radius 1 is 1.33 bits per heavy atom. The van der Waals surface area contributed by atoms with Gasteiger partial charge in [-0.1, -0.05) is 0 Å². The van der Waals surface area contributed by atoms with Crippen LogP contribution in [0.2, 0.25) is 0 Å².